The zero-order chi connectivity index (χ0) is 13.1. The summed E-state index contributed by atoms with van der Waals surface area (Å²) in [6.45, 7) is 1.79. The number of hydrogen-bond acceptors (Lipinski definition) is 3. The van der Waals surface area contributed by atoms with E-state index in [1.165, 1.54) is 0 Å². The predicted molar refractivity (Wildman–Crippen MR) is 74.1 cm³/mol. The van der Waals surface area contributed by atoms with E-state index in [0.717, 1.165) is 15.7 Å². The second kappa shape index (κ2) is 5.69. The molecular weight excluding hydrogens is 318 g/mol. The first-order chi connectivity index (χ1) is 8.60. The standard InChI is InChI=1S/C13H11BrClNO2/c1-8-9(7-17)2-5-13(16-8)18-12-4-3-10(14)6-11(12)15/h2-6,17H,7H2,1H3. The van der Waals surface area contributed by atoms with E-state index in [9.17, 15) is 0 Å². The van der Waals surface area contributed by atoms with Crippen LogP contribution < -0.4 is 4.74 Å². The van der Waals surface area contributed by atoms with Gasteiger partial charge in [-0.1, -0.05) is 27.5 Å². The number of nitrogens with zero attached hydrogens (tertiary/aromatic N) is 1. The normalized spacial score (nSPS) is 10.4. The fraction of sp³-hybridized carbons (Fsp3) is 0.154. The summed E-state index contributed by atoms with van der Waals surface area (Å²) in [5.41, 5.74) is 1.52. The van der Waals surface area contributed by atoms with Gasteiger partial charge in [-0.15, -0.1) is 0 Å². The predicted octanol–water partition coefficient (Wildman–Crippen LogP) is 4.09. The molecule has 5 heteroatoms. The molecule has 0 aliphatic rings. The lowest BCUT2D eigenvalue weighted by atomic mass is 10.2. The molecule has 3 nitrogen and oxygen atoms in total. The Hall–Kier alpha value is -1.10. The molecule has 0 spiro atoms. The van der Waals surface area contributed by atoms with Gasteiger partial charge in [0.15, 0.2) is 0 Å². The molecule has 1 aromatic carbocycles. The first kappa shape index (κ1) is 13.3. The monoisotopic (exact) mass is 327 g/mol. The molecule has 1 heterocycles. The maximum absolute atomic E-state index is 9.07. The van der Waals surface area contributed by atoms with Gasteiger partial charge in [-0.25, -0.2) is 4.98 Å². The van der Waals surface area contributed by atoms with E-state index in [0.29, 0.717) is 16.7 Å². The highest BCUT2D eigenvalue weighted by molar-refractivity contribution is 9.10. The first-order valence-corrected chi connectivity index (χ1v) is 6.47. The van der Waals surface area contributed by atoms with Gasteiger partial charge in [0.1, 0.15) is 5.75 Å². The number of halogens is 2. The highest BCUT2D eigenvalue weighted by Gasteiger charge is 2.06. The van der Waals surface area contributed by atoms with Gasteiger partial charge < -0.3 is 9.84 Å². The van der Waals surface area contributed by atoms with Crippen LogP contribution in [-0.4, -0.2) is 10.1 Å². The van der Waals surface area contributed by atoms with Crippen LogP contribution in [0.5, 0.6) is 11.6 Å². The second-order valence-corrected chi connectivity index (χ2v) is 5.05. The molecule has 0 atom stereocenters. The molecule has 0 fully saturated rings. The van der Waals surface area contributed by atoms with Crippen LogP contribution in [0.1, 0.15) is 11.3 Å². The summed E-state index contributed by atoms with van der Waals surface area (Å²) in [4.78, 5) is 4.25. The minimum atomic E-state index is -0.0296. The van der Waals surface area contributed by atoms with Gasteiger partial charge in [0, 0.05) is 16.2 Å². The number of benzene rings is 1. The van der Waals surface area contributed by atoms with E-state index in [-0.39, 0.29) is 6.61 Å². The summed E-state index contributed by atoms with van der Waals surface area (Å²) in [5.74, 6) is 0.998. The van der Waals surface area contributed by atoms with Gasteiger partial charge in [-0.3, -0.25) is 0 Å². The maximum Gasteiger partial charge on any atom is 0.219 e. The summed E-state index contributed by atoms with van der Waals surface area (Å²) < 4.78 is 6.49. The minimum Gasteiger partial charge on any atom is -0.437 e. The number of aryl methyl sites for hydroxylation is 1. The fourth-order valence-electron chi connectivity index (χ4n) is 1.46. The minimum absolute atomic E-state index is 0.0296. The van der Waals surface area contributed by atoms with Gasteiger partial charge >= 0.3 is 0 Å². The summed E-state index contributed by atoms with van der Waals surface area (Å²) in [7, 11) is 0. The lowest BCUT2D eigenvalue weighted by molar-refractivity contribution is 0.280. The smallest absolute Gasteiger partial charge is 0.219 e. The average Bonchev–Trinajstić information content (AvgIpc) is 2.33. The lowest BCUT2D eigenvalue weighted by Crippen LogP contribution is -1.95. The van der Waals surface area contributed by atoms with Crippen molar-refractivity contribution < 1.29 is 9.84 Å². The number of ether oxygens (including phenoxy) is 1. The zero-order valence-corrected chi connectivity index (χ0v) is 12.0. The molecule has 18 heavy (non-hydrogen) atoms. The van der Waals surface area contributed by atoms with Crippen LogP contribution in [-0.2, 0) is 6.61 Å². The Morgan fingerprint density at radius 2 is 2.11 bits per heavy atom. The quantitative estimate of drug-likeness (QED) is 0.922. The number of aliphatic hydroxyl groups is 1. The van der Waals surface area contributed by atoms with Crippen molar-refractivity contribution in [3.05, 3.63) is 51.1 Å². The molecule has 0 saturated heterocycles. The van der Waals surface area contributed by atoms with E-state index in [4.69, 9.17) is 21.4 Å². The molecule has 0 aliphatic heterocycles. The number of hydrogen-bond donors (Lipinski definition) is 1. The lowest BCUT2D eigenvalue weighted by Gasteiger charge is -2.09. The first-order valence-electron chi connectivity index (χ1n) is 5.30. The zero-order valence-electron chi connectivity index (χ0n) is 9.65. The van der Waals surface area contributed by atoms with Crippen LogP contribution in [0.15, 0.2) is 34.8 Å². The van der Waals surface area contributed by atoms with Crippen LogP contribution in [0.3, 0.4) is 0 Å². The van der Waals surface area contributed by atoms with E-state index < -0.39 is 0 Å². The largest absolute Gasteiger partial charge is 0.437 e. The fourth-order valence-corrected chi connectivity index (χ4v) is 2.17. The summed E-state index contributed by atoms with van der Waals surface area (Å²) in [6, 6.07) is 8.85. The van der Waals surface area contributed by atoms with Crippen LogP contribution in [0.4, 0.5) is 0 Å². The number of aliphatic hydroxyl groups excluding tert-OH is 1. The third-order valence-electron chi connectivity index (χ3n) is 2.45. The summed E-state index contributed by atoms with van der Waals surface area (Å²) in [6.07, 6.45) is 0. The molecule has 2 rings (SSSR count). The molecule has 0 unspecified atom stereocenters. The number of aromatic nitrogens is 1. The Bertz CT molecular complexity index is 575. The van der Waals surface area contributed by atoms with Gasteiger partial charge in [0.25, 0.3) is 0 Å². The Labute approximate surface area is 119 Å². The van der Waals surface area contributed by atoms with E-state index in [2.05, 4.69) is 20.9 Å². The van der Waals surface area contributed by atoms with Crippen molar-refractivity contribution in [1.82, 2.24) is 4.98 Å². The molecular formula is C13H11BrClNO2. The van der Waals surface area contributed by atoms with Crippen molar-refractivity contribution in [2.45, 2.75) is 13.5 Å². The topological polar surface area (TPSA) is 42.4 Å². The van der Waals surface area contributed by atoms with Gasteiger partial charge in [0.2, 0.25) is 5.88 Å². The molecule has 94 valence electrons. The number of pyridine rings is 1. The Balaban J connectivity index is 2.26. The van der Waals surface area contributed by atoms with Crippen molar-refractivity contribution in [3.8, 4) is 11.6 Å². The van der Waals surface area contributed by atoms with Gasteiger partial charge in [0.05, 0.1) is 11.6 Å². The molecule has 2 aromatic rings. The highest BCUT2D eigenvalue weighted by Crippen LogP contribution is 2.31. The Morgan fingerprint density at radius 1 is 1.33 bits per heavy atom. The van der Waals surface area contributed by atoms with E-state index >= 15 is 0 Å². The third-order valence-corrected chi connectivity index (χ3v) is 3.24. The SMILES string of the molecule is Cc1nc(Oc2ccc(Br)cc2Cl)ccc1CO. The molecule has 0 bridgehead atoms. The third kappa shape index (κ3) is 3.02. The van der Waals surface area contributed by atoms with Crippen LogP contribution in [0, 0.1) is 6.92 Å². The van der Waals surface area contributed by atoms with Crippen molar-refractivity contribution in [1.29, 1.82) is 0 Å². The van der Waals surface area contributed by atoms with Crippen molar-refractivity contribution >= 4 is 27.5 Å². The van der Waals surface area contributed by atoms with Crippen LogP contribution >= 0.6 is 27.5 Å². The van der Waals surface area contributed by atoms with E-state index in [1.54, 1.807) is 24.3 Å². The van der Waals surface area contributed by atoms with Crippen LogP contribution in [0.2, 0.25) is 5.02 Å². The molecule has 0 aliphatic carbocycles. The van der Waals surface area contributed by atoms with Gasteiger partial charge in [-0.05, 0) is 36.8 Å². The van der Waals surface area contributed by atoms with Crippen molar-refractivity contribution in [2.24, 2.45) is 0 Å². The number of rotatable bonds is 3. The molecule has 1 N–H and O–H groups in total. The van der Waals surface area contributed by atoms with Gasteiger partial charge in [-0.2, -0.15) is 0 Å². The molecule has 0 radical (unpaired) electrons. The molecule has 0 amide bonds. The Kier molecular flexibility index (Phi) is 4.22. The average molecular weight is 329 g/mol. The highest BCUT2D eigenvalue weighted by atomic mass is 79.9. The van der Waals surface area contributed by atoms with Crippen molar-refractivity contribution in [2.75, 3.05) is 0 Å². The Morgan fingerprint density at radius 3 is 2.72 bits per heavy atom. The molecule has 1 aromatic heterocycles. The second-order valence-electron chi connectivity index (χ2n) is 3.73. The maximum atomic E-state index is 9.07. The molecule has 0 saturated carbocycles. The summed E-state index contributed by atoms with van der Waals surface area (Å²) in [5, 5.41) is 9.58. The van der Waals surface area contributed by atoms with E-state index in [1.807, 2.05) is 13.0 Å². The van der Waals surface area contributed by atoms with Crippen molar-refractivity contribution in [3.63, 3.8) is 0 Å². The summed E-state index contributed by atoms with van der Waals surface area (Å²) >= 11 is 9.38. The van der Waals surface area contributed by atoms with Crippen LogP contribution in [0.25, 0.3) is 0 Å².